The Balaban J connectivity index is 2.43. The molecule has 0 saturated heterocycles. The average molecular weight is 277 g/mol. The quantitative estimate of drug-likeness (QED) is 0.711. The van der Waals surface area contributed by atoms with E-state index in [0.29, 0.717) is 5.56 Å². The van der Waals surface area contributed by atoms with Gasteiger partial charge in [0.25, 0.3) is 0 Å². The zero-order chi connectivity index (χ0) is 15.1. The molecule has 0 saturated carbocycles. The van der Waals surface area contributed by atoms with E-state index in [0.717, 1.165) is 38.6 Å². The van der Waals surface area contributed by atoms with Crippen molar-refractivity contribution in [1.29, 1.82) is 5.26 Å². The van der Waals surface area contributed by atoms with Crippen molar-refractivity contribution >= 4 is 33.4 Å². The van der Waals surface area contributed by atoms with Gasteiger partial charge in [0.05, 0.1) is 11.6 Å². The van der Waals surface area contributed by atoms with Gasteiger partial charge in [0.15, 0.2) is 0 Å². The number of aromatic amines is 1. The van der Waals surface area contributed by atoms with Crippen LogP contribution in [0.2, 0.25) is 0 Å². The number of benzene rings is 2. The van der Waals surface area contributed by atoms with Crippen molar-refractivity contribution in [3.05, 3.63) is 41.0 Å². The highest BCUT2D eigenvalue weighted by Gasteiger charge is 2.13. The Morgan fingerprint density at radius 2 is 2.05 bits per heavy atom. The first-order valence-corrected chi connectivity index (χ1v) is 6.74. The molecule has 0 aliphatic rings. The predicted octanol–water partition coefficient (Wildman–Crippen LogP) is 3.77. The first-order valence-electron chi connectivity index (χ1n) is 6.74. The Kier molecular flexibility index (Phi) is 2.91. The third-order valence-corrected chi connectivity index (χ3v) is 3.77. The molecule has 0 atom stereocenters. The third-order valence-electron chi connectivity index (χ3n) is 3.77. The second-order valence-corrected chi connectivity index (χ2v) is 5.29. The molecule has 1 amide bonds. The number of rotatable bonds is 1. The maximum absolute atomic E-state index is 11.4. The molecule has 3 rings (SSSR count). The first kappa shape index (κ1) is 13.2. The van der Waals surface area contributed by atoms with E-state index in [2.05, 4.69) is 16.4 Å². The number of nitrogens with one attached hydrogen (secondary N) is 2. The summed E-state index contributed by atoms with van der Waals surface area (Å²) >= 11 is 0. The summed E-state index contributed by atoms with van der Waals surface area (Å²) in [5.74, 6) is -0.0885. The van der Waals surface area contributed by atoms with E-state index in [1.54, 1.807) is 6.07 Å². The molecule has 0 bridgehead atoms. The smallest absolute Gasteiger partial charge is 0.221 e. The summed E-state index contributed by atoms with van der Waals surface area (Å²) in [5.41, 5.74) is 5.56. The molecule has 0 spiro atoms. The van der Waals surface area contributed by atoms with Crippen LogP contribution in [0.25, 0.3) is 21.8 Å². The van der Waals surface area contributed by atoms with Gasteiger partial charge in [0, 0.05) is 34.4 Å². The number of H-pyrrole nitrogens is 1. The number of nitriles is 1. The van der Waals surface area contributed by atoms with Gasteiger partial charge < -0.3 is 10.3 Å². The van der Waals surface area contributed by atoms with Crippen LogP contribution in [0.4, 0.5) is 5.69 Å². The molecule has 4 nitrogen and oxygen atoms in total. The van der Waals surface area contributed by atoms with Crippen molar-refractivity contribution in [3.63, 3.8) is 0 Å². The molecule has 1 aromatic heterocycles. The molecule has 0 fully saturated rings. The number of nitrogens with zero attached hydrogens (tertiary/aromatic N) is 1. The monoisotopic (exact) mass is 277 g/mol. The Labute approximate surface area is 122 Å². The Morgan fingerprint density at radius 1 is 1.29 bits per heavy atom. The van der Waals surface area contributed by atoms with Crippen molar-refractivity contribution in [2.75, 3.05) is 5.32 Å². The number of anilines is 1. The van der Waals surface area contributed by atoms with Gasteiger partial charge in [0.1, 0.15) is 0 Å². The van der Waals surface area contributed by atoms with Crippen molar-refractivity contribution in [2.45, 2.75) is 20.8 Å². The summed E-state index contributed by atoms with van der Waals surface area (Å²) in [6.07, 6.45) is 0. The average Bonchev–Trinajstić information content (AvgIpc) is 2.83. The lowest BCUT2D eigenvalue weighted by Gasteiger charge is -2.10. The highest BCUT2D eigenvalue weighted by molar-refractivity contribution is 6.12. The third kappa shape index (κ3) is 2.03. The second kappa shape index (κ2) is 4.64. The van der Waals surface area contributed by atoms with E-state index in [1.165, 1.54) is 6.92 Å². The molecule has 1 heterocycles. The Bertz CT molecular complexity index is 929. The van der Waals surface area contributed by atoms with Gasteiger partial charge in [-0.1, -0.05) is 0 Å². The van der Waals surface area contributed by atoms with Gasteiger partial charge in [-0.05, 0) is 49.2 Å². The van der Waals surface area contributed by atoms with E-state index in [4.69, 9.17) is 5.26 Å². The van der Waals surface area contributed by atoms with Crippen LogP contribution in [0.1, 0.15) is 23.6 Å². The van der Waals surface area contributed by atoms with Crippen LogP contribution in [0.15, 0.2) is 24.3 Å². The van der Waals surface area contributed by atoms with Crippen LogP contribution in [0.3, 0.4) is 0 Å². The second-order valence-electron chi connectivity index (χ2n) is 5.29. The molecular weight excluding hydrogens is 262 g/mol. The standard InChI is InChI=1S/C17H15N3O/c1-9-6-15(19-11(3)21)10(2)16-13-7-12(8-18)4-5-14(13)20-17(9)16/h4-7,20H,1-3H3,(H,19,21). The Hall–Kier alpha value is -2.80. The van der Waals surface area contributed by atoms with Gasteiger partial charge >= 0.3 is 0 Å². The number of hydrogen-bond donors (Lipinski definition) is 2. The zero-order valence-electron chi connectivity index (χ0n) is 12.2. The molecule has 104 valence electrons. The van der Waals surface area contributed by atoms with Crippen LogP contribution in [0.5, 0.6) is 0 Å². The number of carbonyl (C=O) groups excluding carboxylic acids is 1. The largest absolute Gasteiger partial charge is 0.354 e. The van der Waals surface area contributed by atoms with Crippen LogP contribution in [-0.4, -0.2) is 10.9 Å². The van der Waals surface area contributed by atoms with Gasteiger partial charge in [-0.25, -0.2) is 0 Å². The first-order chi connectivity index (χ1) is 10.0. The number of carbonyl (C=O) groups is 1. The van der Waals surface area contributed by atoms with Gasteiger partial charge in [-0.2, -0.15) is 5.26 Å². The summed E-state index contributed by atoms with van der Waals surface area (Å²) in [7, 11) is 0. The number of aryl methyl sites for hydroxylation is 2. The van der Waals surface area contributed by atoms with Gasteiger partial charge in [-0.3, -0.25) is 4.79 Å². The number of aromatic nitrogens is 1. The van der Waals surface area contributed by atoms with Crippen molar-refractivity contribution in [1.82, 2.24) is 4.98 Å². The fourth-order valence-corrected chi connectivity index (χ4v) is 2.80. The van der Waals surface area contributed by atoms with E-state index in [-0.39, 0.29) is 5.91 Å². The maximum Gasteiger partial charge on any atom is 0.221 e. The van der Waals surface area contributed by atoms with Crippen molar-refractivity contribution < 1.29 is 4.79 Å². The highest BCUT2D eigenvalue weighted by Crippen LogP contribution is 2.34. The molecule has 4 heteroatoms. The lowest BCUT2D eigenvalue weighted by atomic mass is 10.0. The molecule has 0 aliphatic carbocycles. The van der Waals surface area contributed by atoms with Crippen LogP contribution in [0, 0.1) is 25.2 Å². The summed E-state index contributed by atoms with van der Waals surface area (Å²) in [6.45, 7) is 5.50. The van der Waals surface area contributed by atoms with Crippen LogP contribution >= 0.6 is 0 Å². The molecule has 2 N–H and O–H groups in total. The fraction of sp³-hybridized carbons (Fsp3) is 0.176. The summed E-state index contributed by atoms with van der Waals surface area (Å²) in [4.78, 5) is 14.7. The predicted molar refractivity (Wildman–Crippen MR) is 84.3 cm³/mol. The maximum atomic E-state index is 11.4. The highest BCUT2D eigenvalue weighted by atomic mass is 16.1. The normalized spacial score (nSPS) is 10.8. The van der Waals surface area contributed by atoms with Crippen molar-refractivity contribution in [3.8, 4) is 6.07 Å². The Morgan fingerprint density at radius 3 is 2.71 bits per heavy atom. The molecule has 21 heavy (non-hydrogen) atoms. The topological polar surface area (TPSA) is 68.7 Å². The SMILES string of the molecule is CC(=O)Nc1cc(C)c2[nH]c3ccc(C#N)cc3c2c1C. The minimum absolute atomic E-state index is 0.0885. The van der Waals surface area contributed by atoms with Gasteiger partial charge in [-0.15, -0.1) is 0 Å². The van der Waals surface area contributed by atoms with Crippen LogP contribution < -0.4 is 5.32 Å². The minimum Gasteiger partial charge on any atom is -0.354 e. The zero-order valence-corrected chi connectivity index (χ0v) is 12.2. The van der Waals surface area contributed by atoms with Crippen LogP contribution in [-0.2, 0) is 4.79 Å². The van der Waals surface area contributed by atoms with Gasteiger partial charge in [0.2, 0.25) is 5.91 Å². The minimum atomic E-state index is -0.0885. The molecular formula is C17H15N3O. The van der Waals surface area contributed by atoms with Crippen molar-refractivity contribution in [2.24, 2.45) is 0 Å². The summed E-state index contributed by atoms with van der Waals surface area (Å²) in [6, 6.07) is 9.75. The van der Waals surface area contributed by atoms with E-state index >= 15 is 0 Å². The lowest BCUT2D eigenvalue weighted by Crippen LogP contribution is -2.07. The number of fused-ring (bicyclic) bond motifs is 3. The van der Waals surface area contributed by atoms with E-state index < -0.39 is 0 Å². The number of amides is 1. The van der Waals surface area contributed by atoms with E-state index in [9.17, 15) is 4.79 Å². The molecule has 2 aromatic carbocycles. The molecule has 0 radical (unpaired) electrons. The summed E-state index contributed by atoms with van der Waals surface area (Å²) < 4.78 is 0. The lowest BCUT2D eigenvalue weighted by molar-refractivity contribution is -0.114. The molecule has 0 unspecified atom stereocenters. The number of hydrogen-bond acceptors (Lipinski definition) is 2. The molecule has 3 aromatic rings. The van der Waals surface area contributed by atoms with E-state index in [1.807, 2.05) is 32.0 Å². The fourth-order valence-electron chi connectivity index (χ4n) is 2.80. The molecule has 0 aliphatic heterocycles. The summed E-state index contributed by atoms with van der Waals surface area (Å²) in [5, 5.41) is 14.0.